The van der Waals surface area contributed by atoms with Gasteiger partial charge in [0, 0.05) is 72.3 Å². The van der Waals surface area contributed by atoms with Crippen molar-refractivity contribution in [1.29, 1.82) is 0 Å². The van der Waals surface area contributed by atoms with Crippen molar-refractivity contribution in [2.75, 3.05) is 19.6 Å². The molecular weight excluding hydrogens is 887 g/mol. The quantitative estimate of drug-likeness (QED) is 0.0711. The van der Waals surface area contributed by atoms with Gasteiger partial charge in [0.25, 0.3) is 0 Å². The number of hydrogen-bond acceptors (Lipinski definition) is 9. The molecule has 0 radical (unpaired) electrons. The first-order valence-electron chi connectivity index (χ1n) is 23.9. The van der Waals surface area contributed by atoms with Gasteiger partial charge in [0.2, 0.25) is 29.5 Å². The van der Waals surface area contributed by atoms with Gasteiger partial charge in [-0.1, -0.05) is 84.6 Å². The van der Waals surface area contributed by atoms with E-state index < -0.39 is 77.5 Å². The van der Waals surface area contributed by atoms with Crippen LogP contribution in [-0.2, 0) is 52.8 Å². The van der Waals surface area contributed by atoms with Gasteiger partial charge in [0.1, 0.15) is 18.1 Å². The molecule has 0 spiro atoms. The minimum absolute atomic E-state index is 0.0135. The molecule has 9 N–H and O–H groups in total. The lowest BCUT2D eigenvalue weighted by molar-refractivity contribution is -0.135. The molecule has 70 heavy (non-hydrogen) atoms. The molecule has 3 heterocycles. The van der Waals surface area contributed by atoms with Crippen molar-refractivity contribution in [2.24, 2.45) is 11.7 Å². The molecule has 5 aromatic rings. The summed E-state index contributed by atoms with van der Waals surface area (Å²) in [5, 5.41) is 15.9. The predicted molar refractivity (Wildman–Crippen MR) is 270 cm³/mol. The van der Waals surface area contributed by atoms with Gasteiger partial charge in [-0.15, -0.1) is 6.58 Å². The Labute approximate surface area is 408 Å². The largest absolute Gasteiger partial charge is 0.361 e. The van der Waals surface area contributed by atoms with Gasteiger partial charge in [-0.25, -0.2) is 0 Å². The number of nitrogens with zero attached hydrogens (tertiary/aromatic N) is 1. The normalized spacial score (nSPS) is 22.5. The molecule has 0 saturated heterocycles. The molecular formula is C54H65N9O7. The van der Waals surface area contributed by atoms with Crippen LogP contribution in [-0.4, -0.2) is 112 Å². The van der Waals surface area contributed by atoms with Crippen LogP contribution in [0.25, 0.3) is 21.8 Å². The highest BCUT2D eigenvalue weighted by atomic mass is 16.2. The van der Waals surface area contributed by atoms with Crippen LogP contribution in [0.3, 0.4) is 0 Å². The zero-order chi connectivity index (χ0) is 50.2. The number of rotatable bonds is 11. The van der Waals surface area contributed by atoms with Crippen molar-refractivity contribution in [3.63, 3.8) is 0 Å². The summed E-state index contributed by atoms with van der Waals surface area (Å²) in [6.07, 6.45) is 6.66. The number of aromatic amines is 2. The van der Waals surface area contributed by atoms with Gasteiger partial charge in [0.05, 0.1) is 24.7 Å². The fourth-order valence-corrected chi connectivity index (χ4v) is 8.59. The maximum Gasteiger partial charge on any atom is 0.244 e. The molecule has 2 aromatic heterocycles. The molecule has 5 amide bonds. The zero-order valence-corrected chi connectivity index (χ0v) is 40.1. The lowest BCUT2D eigenvalue weighted by atomic mass is 9.90. The highest BCUT2D eigenvalue weighted by molar-refractivity contribution is 5.98. The molecule has 1 aliphatic heterocycles. The van der Waals surface area contributed by atoms with E-state index in [4.69, 9.17) is 5.73 Å². The van der Waals surface area contributed by atoms with Crippen LogP contribution in [0.15, 0.2) is 104 Å². The maximum absolute atomic E-state index is 14.7. The van der Waals surface area contributed by atoms with Crippen LogP contribution >= 0.6 is 0 Å². The first-order valence-corrected chi connectivity index (χ1v) is 23.9. The van der Waals surface area contributed by atoms with Crippen molar-refractivity contribution in [3.05, 3.63) is 121 Å². The number of ketones is 2. The van der Waals surface area contributed by atoms with Gasteiger partial charge >= 0.3 is 0 Å². The second kappa shape index (κ2) is 25.3. The summed E-state index contributed by atoms with van der Waals surface area (Å²) in [6, 6.07) is 17.8. The standard InChI is InChI=1S/C54H65N9O7/c1-5-25-63-26-15-13-21-43(36(4)64)59-54(70)47(28-37-17-7-6-8-18-37)61-51(67)38(29-39-32-56-44-22-11-9-19-41(39)44)31-49(65)35(3)58-53(69)48(30-40-33-57-45-23-12-10-20-42(40)45)62-52(68)46(24-14-16-27-63)60-50(66)34(2)55/h5-12,17-20,22-23,32-35,38,43,46-48,56-57H,1,13,15,21,24-31,55H2,2-4H3,(H,58,69)(H,59,70)(H,60,66)(H,61,67)(H,62,68)/t34-,35-,38+,43-,46-,47+,48+/m0/s1. The third-order valence-electron chi connectivity index (χ3n) is 12.6. The lowest BCUT2D eigenvalue weighted by Gasteiger charge is -2.26. The maximum atomic E-state index is 14.7. The van der Waals surface area contributed by atoms with Crippen molar-refractivity contribution < 1.29 is 33.6 Å². The number of nitrogens with one attached hydrogen (secondary N) is 7. The van der Waals surface area contributed by atoms with Crippen molar-refractivity contribution >= 4 is 62.9 Å². The molecule has 7 atom stereocenters. The summed E-state index contributed by atoms with van der Waals surface area (Å²) in [6.45, 7) is 9.69. The minimum atomic E-state index is -1.23. The Morgan fingerprint density at radius 3 is 2.01 bits per heavy atom. The summed E-state index contributed by atoms with van der Waals surface area (Å²) >= 11 is 0. The summed E-state index contributed by atoms with van der Waals surface area (Å²) in [5.74, 6) is 1.36. The van der Waals surface area contributed by atoms with E-state index in [0.29, 0.717) is 38.9 Å². The number of benzene rings is 3. The van der Waals surface area contributed by atoms with Crippen LogP contribution in [0, 0.1) is 17.8 Å². The minimum Gasteiger partial charge on any atom is -0.361 e. The summed E-state index contributed by atoms with van der Waals surface area (Å²) < 4.78 is 0. The smallest absolute Gasteiger partial charge is 0.244 e. The molecule has 0 bridgehead atoms. The van der Waals surface area contributed by atoms with Gasteiger partial charge in [0.15, 0.2) is 11.6 Å². The topological polar surface area (TPSA) is 240 Å². The van der Waals surface area contributed by atoms with E-state index in [2.05, 4.69) is 55.0 Å². The third-order valence-corrected chi connectivity index (χ3v) is 12.6. The van der Waals surface area contributed by atoms with Crippen LogP contribution in [0.2, 0.25) is 0 Å². The number of nitrogens with two attached hydrogens (primary N) is 1. The molecule has 0 fully saturated rings. The van der Waals surface area contributed by atoms with E-state index in [1.165, 1.54) is 20.8 Å². The fraction of sp³-hybridized carbons (Fsp3) is 0.389. The van der Waals surface area contributed by atoms with E-state index >= 15 is 0 Å². The molecule has 6 rings (SSSR count). The van der Waals surface area contributed by atoms with Crippen LogP contribution in [0.1, 0.15) is 69.6 Å². The molecule has 16 nitrogen and oxygen atoms in total. The van der Waals surface area contributed by atoms with E-state index in [1.54, 1.807) is 18.5 Å². The predicted octanol–water partition coefficient (Wildman–Crippen LogP) is 3.70. The van der Waals surface area contributed by atoms with Crippen molar-refractivity contribution in [3.8, 4) is 11.8 Å². The Bertz CT molecular complexity index is 2720. The molecule has 368 valence electrons. The van der Waals surface area contributed by atoms with Gasteiger partial charge in [-0.05, 0) is 81.8 Å². The average molecular weight is 952 g/mol. The van der Waals surface area contributed by atoms with Crippen molar-refractivity contribution in [1.82, 2.24) is 41.5 Å². The number of aromatic nitrogens is 2. The zero-order valence-electron chi connectivity index (χ0n) is 40.1. The number of carbonyl (C=O) groups is 7. The van der Waals surface area contributed by atoms with Gasteiger partial charge in [-0.2, -0.15) is 0 Å². The second-order valence-corrected chi connectivity index (χ2v) is 18.1. The third kappa shape index (κ3) is 14.6. The Morgan fingerprint density at radius 1 is 0.771 bits per heavy atom. The SMILES string of the molecule is C=CCN1CC#CC[C@H](NC(=O)[C@H](C)N)C(=O)N[C@H](Cc2c[nH]c3ccccc23)C(=O)N[C@@H](C)C(=O)C[C@@H](Cc2c[nH]c3ccccc23)C(=O)N[C@H](Cc2ccccc2)C(=O)N[C@H](C(C)=O)CCCC1. The van der Waals surface area contributed by atoms with Crippen LogP contribution in [0.4, 0.5) is 0 Å². The molecule has 1 aliphatic rings. The number of amides is 5. The summed E-state index contributed by atoms with van der Waals surface area (Å²) in [7, 11) is 0. The molecule has 0 aliphatic carbocycles. The first kappa shape index (κ1) is 52.0. The Hall–Kier alpha value is -7.35. The Morgan fingerprint density at radius 2 is 1.37 bits per heavy atom. The number of H-pyrrole nitrogens is 2. The molecule has 3 aromatic carbocycles. The second-order valence-electron chi connectivity index (χ2n) is 18.1. The monoisotopic (exact) mass is 952 g/mol. The van der Waals surface area contributed by atoms with E-state index in [9.17, 15) is 33.6 Å². The van der Waals surface area contributed by atoms with Gasteiger partial charge in [-0.3, -0.25) is 38.5 Å². The van der Waals surface area contributed by atoms with Gasteiger partial charge < -0.3 is 42.3 Å². The van der Waals surface area contributed by atoms with Crippen LogP contribution < -0.4 is 32.3 Å². The lowest BCUT2D eigenvalue weighted by Crippen LogP contribution is -2.57. The number of carbonyl (C=O) groups excluding carboxylic acids is 7. The molecule has 0 saturated carbocycles. The Balaban J connectivity index is 1.35. The molecule has 16 heteroatoms. The van der Waals surface area contributed by atoms with Crippen LogP contribution in [0.5, 0.6) is 0 Å². The number of para-hydroxylation sites is 2. The fourth-order valence-electron chi connectivity index (χ4n) is 8.59. The summed E-state index contributed by atoms with van der Waals surface area (Å²) in [4.78, 5) is 106. The Kier molecular flexibility index (Phi) is 18.8. The first-order chi connectivity index (χ1) is 33.7. The highest BCUT2D eigenvalue weighted by Crippen LogP contribution is 2.24. The number of fused-ring (bicyclic) bond motifs is 2. The molecule has 0 unspecified atom stereocenters. The summed E-state index contributed by atoms with van der Waals surface area (Å²) in [5.41, 5.74) is 9.82. The number of Topliss-reactive ketones (excluding diaryl/α,β-unsaturated/α-hetero) is 2. The average Bonchev–Trinajstić information content (AvgIpc) is 3.95. The number of hydrogen-bond donors (Lipinski definition) is 8. The highest BCUT2D eigenvalue weighted by Gasteiger charge is 2.34. The van der Waals surface area contributed by atoms with E-state index in [1.807, 2.05) is 83.8 Å². The van der Waals surface area contributed by atoms with Crippen molar-refractivity contribution in [2.45, 2.75) is 108 Å². The van der Waals surface area contributed by atoms with E-state index in [-0.39, 0.29) is 37.9 Å². The van der Waals surface area contributed by atoms with E-state index in [0.717, 1.165) is 38.5 Å².